The average molecular weight is 285 g/mol. The molecule has 0 spiro atoms. The molecule has 0 aromatic heterocycles. The van der Waals surface area contributed by atoms with Crippen LogP contribution in [0.15, 0.2) is 18.2 Å². The molecular formula is C15H21F2NO2. The third-order valence-electron chi connectivity index (χ3n) is 3.28. The lowest BCUT2D eigenvalue weighted by molar-refractivity contribution is -0.130. The number of hydrogen-bond acceptors (Lipinski definition) is 2. The first-order chi connectivity index (χ1) is 9.31. The van der Waals surface area contributed by atoms with E-state index in [2.05, 4.69) is 0 Å². The molecule has 0 aliphatic carbocycles. The number of nitrogens with zero attached hydrogens (tertiary/aromatic N) is 1. The predicted molar refractivity (Wildman–Crippen MR) is 73.3 cm³/mol. The number of benzene rings is 1. The summed E-state index contributed by atoms with van der Waals surface area (Å²) < 4.78 is 26.4. The molecule has 1 rings (SSSR count). The molecule has 1 amide bonds. The molecule has 20 heavy (non-hydrogen) atoms. The van der Waals surface area contributed by atoms with Gasteiger partial charge in [-0.15, -0.1) is 0 Å². The van der Waals surface area contributed by atoms with Crippen LogP contribution in [0.4, 0.5) is 8.78 Å². The number of rotatable bonds is 6. The molecule has 1 N–H and O–H groups in total. The summed E-state index contributed by atoms with van der Waals surface area (Å²) in [4.78, 5) is 13.5. The van der Waals surface area contributed by atoms with Crippen LogP contribution in [0.2, 0.25) is 0 Å². The second-order valence-corrected chi connectivity index (χ2v) is 5.22. The van der Waals surface area contributed by atoms with Gasteiger partial charge in [-0.05, 0) is 30.9 Å². The molecular weight excluding hydrogens is 264 g/mol. The highest BCUT2D eigenvalue weighted by atomic mass is 19.1. The minimum Gasteiger partial charge on any atom is -0.393 e. The Morgan fingerprint density at radius 1 is 1.35 bits per heavy atom. The molecule has 5 heteroatoms. The summed E-state index contributed by atoms with van der Waals surface area (Å²) in [7, 11) is 1.65. The zero-order valence-electron chi connectivity index (χ0n) is 12.1. The van der Waals surface area contributed by atoms with Crippen molar-refractivity contribution in [3.63, 3.8) is 0 Å². The van der Waals surface area contributed by atoms with E-state index >= 15 is 0 Å². The second kappa shape index (κ2) is 7.33. The Morgan fingerprint density at radius 2 is 2.00 bits per heavy atom. The SMILES string of the molecule is CC(O)CCN(C)C(=O)CC(C)c1ccc(F)cc1F. The topological polar surface area (TPSA) is 40.5 Å². The standard InChI is InChI=1S/C15H21F2NO2/c1-10(13-5-4-12(16)9-14(13)17)8-15(20)18(3)7-6-11(2)19/h4-5,9-11,19H,6-8H2,1-3H3. The lowest BCUT2D eigenvalue weighted by atomic mass is 9.96. The molecule has 1 aromatic carbocycles. The summed E-state index contributed by atoms with van der Waals surface area (Å²) in [6.45, 7) is 3.85. The Kier molecular flexibility index (Phi) is 6.07. The molecule has 3 nitrogen and oxygen atoms in total. The van der Waals surface area contributed by atoms with Crippen LogP contribution < -0.4 is 0 Å². The third-order valence-corrected chi connectivity index (χ3v) is 3.28. The number of carbonyl (C=O) groups excluding carboxylic acids is 1. The van der Waals surface area contributed by atoms with Crippen LogP contribution in [0.25, 0.3) is 0 Å². The monoisotopic (exact) mass is 285 g/mol. The summed E-state index contributed by atoms with van der Waals surface area (Å²) >= 11 is 0. The van der Waals surface area contributed by atoms with E-state index in [1.807, 2.05) is 0 Å². The first-order valence-corrected chi connectivity index (χ1v) is 6.68. The first kappa shape index (κ1) is 16.6. The molecule has 112 valence electrons. The Morgan fingerprint density at radius 3 is 2.55 bits per heavy atom. The minimum absolute atomic E-state index is 0.123. The molecule has 0 bridgehead atoms. The van der Waals surface area contributed by atoms with Crippen LogP contribution in [0.3, 0.4) is 0 Å². The highest BCUT2D eigenvalue weighted by Crippen LogP contribution is 2.23. The smallest absolute Gasteiger partial charge is 0.222 e. The van der Waals surface area contributed by atoms with Crippen LogP contribution in [-0.4, -0.2) is 35.6 Å². The number of hydrogen-bond donors (Lipinski definition) is 1. The van der Waals surface area contributed by atoms with E-state index in [-0.39, 0.29) is 18.2 Å². The summed E-state index contributed by atoms with van der Waals surface area (Å²) in [5, 5.41) is 9.18. The van der Waals surface area contributed by atoms with Crippen molar-refractivity contribution in [3.8, 4) is 0 Å². The fourth-order valence-corrected chi connectivity index (χ4v) is 1.93. The van der Waals surface area contributed by atoms with E-state index in [1.165, 1.54) is 17.0 Å². The van der Waals surface area contributed by atoms with Crippen LogP contribution in [0.1, 0.15) is 38.2 Å². The van der Waals surface area contributed by atoms with Gasteiger partial charge in [0, 0.05) is 26.1 Å². The maximum Gasteiger partial charge on any atom is 0.222 e. The molecule has 0 heterocycles. The second-order valence-electron chi connectivity index (χ2n) is 5.22. The zero-order chi connectivity index (χ0) is 15.3. The maximum absolute atomic E-state index is 13.6. The summed E-state index contributed by atoms with van der Waals surface area (Å²) in [5.74, 6) is -1.70. The van der Waals surface area contributed by atoms with Crippen LogP contribution in [0, 0.1) is 11.6 Å². The van der Waals surface area contributed by atoms with Gasteiger partial charge in [0.1, 0.15) is 11.6 Å². The number of aliphatic hydroxyl groups is 1. The summed E-state index contributed by atoms with van der Waals surface area (Å²) in [6.07, 6.45) is 0.192. The van der Waals surface area contributed by atoms with Crippen LogP contribution >= 0.6 is 0 Å². The van der Waals surface area contributed by atoms with Crippen molar-refractivity contribution in [1.29, 1.82) is 0 Å². The van der Waals surface area contributed by atoms with Gasteiger partial charge in [-0.3, -0.25) is 4.79 Å². The molecule has 0 fully saturated rings. The molecule has 0 saturated heterocycles. The van der Waals surface area contributed by atoms with Gasteiger partial charge in [-0.25, -0.2) is 8.78 Å². The van der Waals surface area contributed by atoms with Gasteiger partial charge in [0.15, 0.2) is 0 Å². The molecule has 0 radical (unpaired) electrons. The Labute approximate surface area is 118 Å². The number of carbonyl (C=O) groups is 1. The van der Waals surface area contributed by atoms with E-state index in [9.17, 15) is 18.7 Å². The molecule has 0 aliphatic heterocycles. The van der Waals surface area contributed by atoms with Gasteiger partial charge in [0.05, 0.1) is 6.10 Å². The van der Waals surface area contributed by atoms with E-state index in [1.54, 1.807) is 20.9 Å². The van der Waals surface area contributed by atoms with Gasteiger partial charge >= 0.3 is 0 Å². The number of aliphatic hydroxyl groups excluding tert-OH is 1. The van der Waals surface area contributed by atoms with Crippen LogP contribution in [0.5, 0.6) is 0 Å². The minimum atomic E-state index is -0.628. The third kappa shape index (κ3) is 4.89. The van der Waals surface area contributed by atoms with Gasteiger partial charge in [-0.1, -0.05) is 13.0 Å². The fraction of sp³-hybridized carbons (Fsp3) is 0.533. The summed E-state index contributed by atoms with van der Waals surface area (Å²) in [6, 6.07) is 3.39. The summed E-state index contributed by atoms with van der Waals surface area (Å²) in [5.41, 5.74) is 0.337. The van der Waals surface area contributed by atoms with E-state index < -0.39 is 17.7 Å². The van der Waals surface area contributed by atoms with Gasteiger partial charge < -0.3 is 10.0 Å². The Balaban J connectivity index is 2.60. The lowest BCUT2D eigenvalue weighted by Gasteiger charge is -2.20. The first-order valence-electron chi connectivity index (χ1n) is 6.68. The highest BCUT2D eigenvalue weighted by Gasteiger charge is 2.18. The Bertz CT molecular complexity index is 463. The largest absolute Gasteiger partial charge is 0.393 e. The molecule has 0 saturated carbocycles. The van der Waals surface area contributed by atoms with Gasteiger partial charge in [0.2, 0.25) is 5.91 Å². The lowest BCUT2D eigenvalue weighted by Crippen LogP contribution is -2.30. The van der Waals surface area contributed by atoms with Crippen molar-refractivity contribution in [2.24, 2.45) is 0 Å². The van der Waals surface area contributed by atoms with Crippen molar-refractivity contribution >= 4 is 5.91 Å². The molecule has 2 unspecified atom stereocenters. The highest BCUT2D eigenvalue weighted by molar-refractivity contribution is 5.76. The van der Waals surface area contributed by atoms with Crippen molar-refractivity contribution < 1.29 is 18.7 Å². The van der Waals surface area contributed by atoms with E-state index in [4.69, 9.17) is 0 Å². The molecule has 2 atom stereocenters. The van der Waals surface area contributed by atoms with Crippen molar-refractivity contribution in [2.75, 3.05) is 13.6 Å². The normalized spacial score (nSPS) is 13.9. The van der Waals surface area contributed by atoms with Crippen molar-refractivity contribution in [2.45, 2.75) is 38.7 Å². The van der Waals surface area contributed by atoms with Gasteiger partial charge in [-0.2, -0.15) is 0 Å². The molecule has 0 aliphatic rings. The predicted octanol–water partition coefficient (Wildman–Crippen LogP) is 2.69. The number of amides is 1. The maximum atomic E-state index is 13.6. The Hall–Kier alpha value is -1.49. The van der Waals surface area contributed by atoms with Gasteiger partial charge in [0.25, 0.3) is 0 Å². The van der Waals surface area contributed by atoms with E-state index in [0.717, 1.165) is 6.07 Å². The van der Waals surface area contributed by atoms with Crippen molar-refractivity contribution in [3.05, 3.63) is 35.4 Å². The number of halogens is 2. The zero-order valence-corrected chi connectivity index (χ0v) is 12.1. The van der Waals surface area contributed by atoms with E-state index in [0.29, 0.717) is 18.5 Å². The van der Waals surface area contributed by atoms with Crippen LogP contribution in [-0.2, 0) is 4.79 Å². The fourth-order valence-electron chi connectivity index (χ4n) is 1.93. The average Bonchev–Trinajstić information content (AvgIpc) is 2.35. The quantitative estimate of drug-likeness (QED) is 0.873. The molecule has 1 aromatic rings. The van der Waals surface area contributed by atoms with Crippen molar-refractivity contribution in [1.82, 2.24) is 4.90 Å².